The van der Waals surface area contributed by atoms with Crippen LogP contribution in [0.25, 0.3) is 56.5 Å². The highest BCUT2D eigenvalue weighted by atomic mass is 79.9. The fourth-order valence-corrected chi connectivity index (χ4v) is 13.8. The summed E-state index contributed by atoms with van der Waals surface area (Å²) in [5, 5.41) is 13.6. The second-order valence-corrected chi connectivity index (χ2v) is 32.0. The van der Waals surface area contributed by atoms with E-state index in [2.05, 4.69) is 135 Å². The van der Waals surface area contributed by atoms with Crippen molar-refractivity contribution < 1.29 is 28.6 Å². The van der Waals surface area contributed by atoms with E-state index in [-0.39, 0.29) is 55.0 Å². The monoisotopic (exact) mass is 1720 g/mol. The lowest BCUT2D eigenvalue weighted by Crippen LogP contribution is -2.49. The number of carbonyl (C=O) groups excluding carboxylic acids is 3. The number of carbonyl (C=O) groups is 3. The number of aromatic nitrogens is 16. The third kappa shape index (κ3) is 22.7. The SMILES string of the molecule is CC#CCn1c(Br)nc2c1c(=O)[nH]c(=O)n2C.CC#CCn1c(N2CCC[C@@H](NC(=O)OC(C)(C)C)C2)nc2c1c(=O)[nH]c(=O)n2C.CC#CCn1c(N2CCC[C@@H](NC(=O)OC(C)(C)C)C2)nc2c1c(=O)n(Cc1nc(C)c3ccccc3n1)c(=O)n2C.CC(C)(C)OC(=O)N[C@@H]1CCCNC1.Cc1nc(CBr)nc2c1C=[C+]C=C2. The normalized spacial score (nSPS) is 15.6. The zero-order chi connectivity index (χ0) is 84.7. The number of ether oxygens (including phenoxy) is 3. The van der Waals surface area contributed by atoms with Gasteiger partial charge in [0.15, 0.2) is 43.9 Å². The summed E-state index contributed by atoms with van der Waals surface area (Å²) in [5.41, 5.74) is 1.87. The molecular formula is C80H101Br2N22O12+. The van der Waals surface area contributed by atoms with Crippen LogP contribution in [-0.2, 0) is 66.9 Å². The number of piperidine rings is 3. The van der Waals surface area contributed by atoms with Gasteiger partial charge in [-0.05, 0) is 164 Å². The molecule has 3 fully saturated rings. The molecule has 0 unspecified atom stereocenters. The van der Waals surface area contributed by atoms with E-state index >= 15 is 0 Å². The number of alkyl halides is 1. The number of H-pyrrole nitrogens is 2. The van der Waals surface area contributed by atoms with Crippen molar-refractivity contribution in [3.8, 4) is 35.5 Å². The highest BCUT2D eigenvalue weighted by Gasteiger charge is 2.32. The van der Waals surface area contributed by atoms with Crippen molar-refractivity contribution in [2.75, 3.05) is 49.1 Å². The van der Waals surface area contributed by atoms with Gasteiger partial charge in [0.1, 0.15) is 51.9 Å². The molecule has 34 nitrogen and oxygen atoms in total. The van der Waals surface area contributed by atoms with Crippen LogP contribution in [0.15, 0.2) is 63.8 Å². The number of allylic oxidation sites excluding steroid dienone is 2. The molecule has 13 rings (SSSR count). The van der Waals surface area contributed by atoms with Gasteiger partial charge in [0.05, 0.1) is 43.1 Å². The summed E-state index contributed by atoms with van der Waals surface area (Å²) >= 11 is 6.59. The van der Waals surface area contributed by atoms with E-state index < -0.39 is 62.7 Å². The van der Waals surface area contributed by atoms with Crippen molar-refractivity contribution >= 4 is 119 Å². The standard InChI is InChI=1S/C30H36N8O4.C20H28N6O4.C10H9BrN4O2.C10H8BrN2.C10H20N2O2/c1-7-8-16-37-24-25(34-27(37)36-15-11-12-20(17-36)32-28(40)42-30(3,4)5)35(6)29(41)38(26(24)39)18-23-31-19(2)21-13-9-10-14-22(21)33-23;1-6-7-11-26-14-15(24(5)18(28)23-16(14)27)22-17(26)25-10-8-9-13(12-25)21-19(29)30-20(2,3)4;1-3-4-5-15-6-7(12-9(15)11)14(2)10(17)13-8(6)16;1-7-8-4-2-3-5-9(8)13-10(6-11)12-7;1-10(2,3)14-9(13)12-8-5-4-6-11-7-8/h9-10,13-14,20H,11-12,15-18H2,1-6H3,(H,32,40);13H,8-12H2,1-5H3,(H,21,29)(H,23,27,28);5H2,1-2H3,(H,13,16,17);3-5H,6H2,1H3;8,11H,4-7H2,1-3H3,(H,12,13)/q;;;+1;/t20-;13-;;;8-/m11..1/s1. The van der Waals surface area contributed by atoms with Gasteiger partial charge < -0.3 is 49.8 Å². The molecule has 6 N–H and O–H groups in total. The van der Waals surface area contributed by atoms with Crippen LogP contribution >= 0.6 is 31.9 Å². The van der Waals surface area contributed by atoms with E-state index in [0.29, 0.717) is 82.8 Å². The van der Waals surface area contributed by atoms with Crippen LogP contribution in [0.1, 0.15) is 156 Å². The maximum absolute atomic E-state index is 14.0. The lowest BCUT2D eigenvalue weighted by atomic mass is 10.1. The lowest BCUT2D eigenvalue weighted by Gasteiger charge is -2.34. The maximum atomic E-state index is 14.0. The molecule has 3 amide bonds. The summed E-state index contributed by atoms with van der Waals surface area (Å²) in [4.78, 5) is 151. The number of hydrogen-bond acceptors (Lipinski definition) is 22. The summed E-state index contributed by atoms with van der Waals surface area (Å²) in [5.74, 6) is 19.6. The number of alkyl carbamates (subject to hydrolysis) is 3. The number of aromatic amines is 2. The van der Waals surface area contributed by atoms with E-state index in [9.17, 15) is 43.2 Å². The summed E-state index contributed by atoms with van der Waals surface area (Å²) in [7, 11) is 4.72. The molecule has 0 radical (unpaired) electrons. The van der Waals surface area contributed by atoms with E-state index in [4.69, 9.17) is 19.2 Å². The first kappa shape index (κ1) is 88.4. The third-order valence-electron chi connectivity index (χ3n) is 18.3. The Hall–Kier alpha value is -11.5. The molecule has 116 heavy (non-hydrogen) atoms. The molecule has 1 aliphatic carbocycles. The minimum absolute atomic E-state index is 0.0846. The highest BCUT2D eigenvalue weighted by molar-refractivity contribution is 9.10. The largest absolute Gasteiger partial charge is 0.444 e. The molecule has 9 aromatic rings. The molecule has 616 valence electrons. The average molecular weight is 1720 g/mol. The van der Waals surface area contributed by atoms with Crippen LogP contribution in [0.4, 0.5) is 26.3 Å². The number of aryl methyl sites for hydroxylation is 5. The summed E-state index contributed by atoms with van der Waals surface area (Å²) < 4.78 is 26.7. The quantitative estimate of drug-likeness (QED) is 0.0238. The lowest BCUT2D eigenvalue weighted by molar-refractivity contribution is 0.0486. The Labute approximate surface area is 687 Å². The van der Waals surface area contributed by atoms with Gasteiger partial charge in [-0.1, -0.05) is 51.9 Å². The van der Waals surface area contributed by atoms with Gasteiger partial charge in [0, 0.05) is 89.1 Å². The minimum Gasteiger partial charge on any atom is -0.444 e. The molecule has 3 saturated heterocycles. The number of para-hydroxylation sites is 1. The molecule has 3 atom stereocenters. The predicted octanol–water partition coefficient (Wildman–Crippen LogP) is 7.65. The Morgan fingerprint density at radius 3 is 1.56 bits per heavy atom. The number of nitrogens with one attached hydrogen (secondary N) is 6. The van der Waals surface area contributed by atoms with Gasteiger partial charge in [-0.15, -0.1) is 17.8 Å². The van der Waals surface area contributed by atoms with E-state index in [1.54, 1.807) is 55.6 Å². The molecule has 36 heteroatoms. The number of imidazole rings is 3. The van der Waals surface area contributed by atoms with Gasteiger partial charge in [0.2, 0.25) is 11.9 Å². The fourth-order valence-electron chi connectivity index (χ4n) is 13.1. The van der Waals surface area contributed by atoms with Crippen LogP contribution in [0.2, 0.25) is 0 Å². The van der Waals surface area contributed by atoms with E-state index in [1.165, 1.54) is 13.7 Å². The number of nitrogens with zero attached hydrogens (tertiary/aromatic N) is 16. The number of halogens is 2. The van der Waals surface area contributed by atoms with Crippen LogP contribution in [-0.4, -0.2) is 169 Å². The Morgan fingerprint density at radius 1 is 0.578 bits per heavy atom. The van der Waals surface area contributed by atoms with Crippen LogP contribution in [0.3, 0.4) is 0 Å². The zero-order valence-electron chi connectivity index (χ0n) is 68.6. The number of hydrogen-bond donors (Lipinski definition) is 6. The molecule has 1 aromatic carbocycles. The van der Waals surface area contributed by atoms with Crippen molar-refractivity contribution in [3.63, 3.8) is 0 Å². The Bertz CT molecular complexity index is 5800. The summed E-state index contributed by atoms with van der Waals surface area (Å²) in [6.07, 6.45) is 12.9. The molecule has 0 spiro atoms. The van der Waals surface area contributed by atoms with Crippen LogP contribution in [0.5, 0.6) is 0 Å². The number of anilines is 2. The van der Waals surface area contributed by atoms with Crippen LogP contribution in [0, 0.1) is 55.4 Å². The van der Waals surface area contributed by atoms with Crippen molar-refractivity contribution in [1.82, 2.24) is 98.1 Å². The Morgan fingerprint density at radius 2 is 1.05 bits per heavy atom. The van der Waals surface area contributed by atoms with E-state index in [1.807, 2.05) is 128 Å². The molecule has 0 bridgehead atoms. The average Bonchev–Trinajstić information content (AvgIpc) is 1.59. The Balaban J connectivity index is 0.000000180. The van der Waals surface area contributed by atoms with Crippen LogP contribution < -0.4 is 64.8 Å². The first-order valence-corrected chi connectivity index (χ1v) is 39.9. The van der Waals surface area contributed by atoms with Crippen molar-refractivity contribution in [2.24, 2.45) is 21.1 Å². The number of fused-ring (bicyclic) bond motifs is 5. The van der Waals surface area contributed by atoms with Crippen molar-refractivity contribution in [3.05, 3.63) is 138 Å². The molecular weight excluding hydrogens is 1620 g/mol. The maximum Gasteiger partial charge on any atom is 0.407 e. The van der Waals surface area contributed by atoms with E-state index in [0.717, 1.165) is 95.6 Å². The summed E-state index contributed by atoms with van der Waals surface area (Å²) in [6, 6.07) is 7.55. The molecule has 4 aliphatic rings. The second kappa shape index (κ2) is 38.8. The first-order valence-electron chi connectivity index (χ1n) is 38.0. The first-order chi connectivity index (χ1) is 54.9. The smallest absolute Gasteiger partial charge is 0.407 e. The second-order valence-electron chi connectivity index (χ2n) is 30.7. The third-order valence-corrected chi connectivity index (χ3v) is 19.4. The van der Waals surface area contributed by atoms with Gasteiger partial charge in [0.25, 0.3) is 16.7 Å². The topological polar surface area (TPSA) is 392 Å². The highest BCUT2D eigenvalue weighted by Crippen LogP contribution is 2.27. The fraction of sp³-hybridized carbons (Fsp3) is 0.500. The molecule has 8 aromatic heterocycles. The van der Waals surface area contributed by atoms with Gasteiger partial charge >= 0.3 is 35.3 Å². The number of rotatable bonds is 11. The van der Waals surface area contributed by atoms with Gasteiger partial charge in [-0.2, -0.15) is 9.97 Å². The molecule has 3 aliphatic heterocycles. The molecule has 11 heterocycles. The minimum atomic E-state index is -0.605. The number of benzene rings is 1. The number of amides is 3. The summed E-state index contributed by atoms with van der Waals surface area (Å²) in [6.45, 7) is 30.5. The van der Waals surface area contributed by atoms with Gasteiger partial charge in [-0.25, -0.2) is 53.7 Å². The molecule has 0 saturated carbocycles. The van der Waals surface area contributed by atoms with Crippen molar-refractivity contribution in [1.29, 1.82) is 0 Å². The van der Waals surface area contributed by atoms with Crippen molar-refractivity contribution in [2.45, 2.75) is 202 Å². The predicted molar refractivity (Wildman–Crippen MR) is 452 cm³/mol. The zero-order valence-corrected chi connectivity index (χ0v) is 71.8. The Kier molecular flexibility index (Phi) is 29.5. The van der Waals surface area contributed by atoms with Gasteiger partial charge in [-0.3, -0.25) is 51.8 Å².